The highest BCUT2D eigenvalue weighted by Crippen LogP contribution is 2.39. The second-order valence-electron chi connectivity index (χ2n) is 6.31. The summed E-state index contributed by atoms with van der Waals surface area (Å²) >= 11 is 0. The predicted octanol–water partition coefficient (Wildman–Crippen LogP) is 1.89. The normalized spacial score (nSPS) is 24.6. The molecule has 7 heteroatoms. The third-order valence-corrected chi connectivity index (χ3v) is 6.72. The molecule has 0 aromatic heterocycles. The fraction of sp³-hybridized carbons (Fsp3) is 0.562. The maximum Gasteiger partial charge on any atom is 0.307 e. The Morgan fingerprint density at radius 2 is 2.17 bits per heavy atom. The smallest absolute Gasteiger partial charge is 0.307 e. The lowest BCUT2D eigenvalue weighted by Crippen LogP contribution is -2.35. The van der Waals surface area contributed by atoms with E-state index >= 15 is 0 Å². The van der Waals surface area contributed by atoms with Crippen LogP contribution >= 0.6 is 0 Å². The minimum Gasteiger partial charge on any atom is -0.496 e. The van der Waals surface area contributed by atoms with E-state index in [9.17, 15) is 13.2 Å². The number of rotatable bonds is 5. The summed E-state index contributed by atoms with van der Waals surface area (Å²) in [4.78, 5) is 11.1. The van der Waals surface area contributed by atoms with E-state index in [-0.39, 0.29) is 17.4 Å². The molecule has 2 fully saturated rings. The average Bonchev–Trinajstić information content (AvgIpc) is 2.81. The van der Waals surface area contributed by atoms with Crippen LogP contribution in [0.25, 0.3) is 0 Å². The van der Waals surface area contributed by atoms with Gasteiger partial charge in [0, 0.05) is 18.2 Å². The van der Waals surface area contributed by atoms with E-state index in [4.69, 9.17) is 9.84 Å². The minimum atomic E-state index is -3.59. The summed E-state index contributed by atoms with van der Waals surface area (Å²) in [7, 11) is -2.15. The molecule has 0 amide bonds. The molecule has 1 N–H and O–H groups in total. The van der Waals surface area contributed by atoms with Crippen LogP contribution in [0, 0.1) is 5.92 Å². The van der Waals surface area contributed by atoms with Crippen molar-refractivity contribution in [2.75, 3.05) is 13.7 Å². The van der Waals surface area contributed by atoms with Crippen LogP contribution in [-0.4, -0.2) is 43.5 Å². The van der Waals surface area contributed by atoms with Gasteiger partial charge in [-0.3, -0.25) is 4.79 Å². The van der Waals surface area contributed by atoms with Crippen molar-refractivity contribution in [1.29, 1.82) is 0 Å². The van der Waals surface area contributed by atoms with Crippen molar-refractivity contribution in [2.24, 2.45) is 5.92 Å². The molecule has 2 bridgehead atoms. The number of hydrogen-bond acceptors (Lipinski definition) is 4. The molecule has 1 saturated heterocycles. The highest BCUT2D eigenvalue weighted by Gasteiger charge is 2.42. The van der Waals surface area contributed by atoms with E-state index in [0.29, 0.717) is 23.8 Å². The zero-order valence-electron chi connectivity index (χ0n) is 13.1. The number of carbonyl (C=O) groups is 1. The number of nitrogens with zero attached hydrogens (tertiary/aromatic N) is 1. The van der Waals surface area contributed by atoms with Crippen molar-refractivity contribution in [3.8, 4) is 5.75 Å². The number of sulfonamides is 1. The van der Waals surface area contributed by atoms with E-state index < -0.39 is 16.0 Å². The fourth-order valence-electron chi connectivity index (χ4n) is 3.74. The molecule has 0 spiro atoms. The number of carboxylic acid groups (broad SMARTS) is 1. The first kappa shape index (κ1) is 16.3. The van der Waals surface area contributed by atoms with Gasteiger partial charge in [-0.25, -0.2) is 8.42 Å². The molecule has 2 aliphatic rings. The van der Waals surface area contributed by atoms with Crippen LogP contribution in [0.15, 0.2) is 23.1 Å². The molecule has 1 heterocycles. The van der Waals surface area contributed by atoms with Gasteiger partial charge in [0.05, 0.1) is 18.4 Å². The van der Waals surface area contributed by atoms with E-state index in [0.717, 1.165) is 25.7 Å². The van der Waals surface area contributed by atoms with Gasteiger partial charge in [0.1, 0.15) is 5.75 Å². The Hall–Kier alpha value is -1.60. The Labute approximate surface area is 136 Å². The highest BCUT2D eigenvalue weighted by molar-refractivity contribution is 7.89. The number of aliphatic carboxylic acids is 1. The zero-order chi connectivity index (χ0) is 16.6. The maximum atomic E-state index is 13.0. The molecular weight excluding hydrogens is 318 g/mol. The van der Waals surface area contributed by atoms with E-state index in [1.165, 1.54) is 25.3 Å². The summed E-state index contributed by atoms with van der Waals surface area (Å²) in [6.07, 6.45) is 3.76. The molecule has 1 aliphatic heterocycles. The Morgan fingerprint density at radius 1 is 1.39 bits per heavy atom. The van der Waals surface area contributed by atoms with Gasteiger partial charge in [-0.1, -0.05) is 6.42 Å². The Morgan fingerprint density at radius 3 is 2.83 bits per heavy atom. The number of methoxy groups -OCH3 is 1. The number of hydrogen-bond donors (Lipinski definition) is 1. The molecule has 6 nitrogen and oxygen atoms in total. The minimum absolute atomic E-state index is 0.0868. The van der Waals surface area contributed by atoms with Crippen molar-refractivity contribution in [2.45, 2.75) is 43.0 Å². The van der Waals surface area contributed by atoms with Gasteiger partial charge in [-0.15, -0.1) is 0 Å². The van der Waals surface area contributed by atoms with Crippen LogP contribution in [0.3, 0.4) is 0 Å². The topological polar surface area (TPSA) is 83.9 Å². The predicted molar refractivity (Wildman–Crippen MR) is 84.0 cm³/mol. The second-order valence-corrected chi connectivity index (χ2v) is 8.20. The zero-order valence-corrected chi connectivity index (χ0v) is 13.9. The van der Waals surface area contributed by atoms with Gasteiger partial charge in [-0.2, -0.15) is 4.31 Å². The largest absolute Gasteiger partial charge is 0.496 e. The molecule has 2 unspecified atom stereocenters. The van der Waals surface area contributed by atoms with Crippen LogP contribution < -0.4 is 4.74 Å². The molecule has 3 rings (SSSR count). The van der Waals surface area contributed by atoms with Crippen molar-refractivity contribution in [1.82, 2.24) is 4.31 Å². The molecule has 1 saturated carbocycles. The first-order chi connectivity index (χ1) is 10.9. The molecule has 1 aromatic carbocycles. The Kier molecular flexibility index (Phi) is 4.33. The Bertz CT molecular complexity index is 715. The monoisotopic (exact) mass is 339 g/mol. The van der Waals surface area contributed by atoms with E-state index in [1.807, 2.05) is 0 Å². The first-order valence-corrected chi connectivity index (χ1v) is 9.26. The van der Waals surface area contributed by atoms with Crippen molar-refractivity contribution in [3.63, 3.8) is 0 Å². The number of carboxylic acids is 1. The standard InChI is InChI=1S/C16H21NO5S/c1-22-15-6-5-14(8-12(15)9-16(18)19)23(20,21)17-10-11-3-2-4-13(17)7-11/h5-6,8,11,13H,2-4,7,9-10H2,1H3,(H,18,19). The van der Waals surface area contributed by atoms with Crippen LogP contribution in [0.1, 0.15) is 31.2 Å². The molecule has 126 valence electrons. The number of fused-ring (bicyclic) bond motifs is 2. The van der Waals surface area contributed by atoms with Gasteiger partial charge >= 0.3 is 5.97 Å². The molecule has 1 aliphatic carbocycles. The highest BCUT2D eigenvalue weighted by atomic mass is 32.2. The van der Waals surface area contributed by atoms with E-state index in [2.05, 4.69) is 0 Å². The summed E-state index contributed by atoms with van der Waals surface area (Å²) in [5.41, 5.74) is 0.378. The summed E-state index contributed by atoms with van der Waals surface area (Å²) in [6, 6.07) is 4.56. The van der Waals surface area contributed by atoms with Crippen LogP contribution in [0.4, 0.5) is 0 Å². The lowest BCUT2D eigenvalue weighted by atomic mass is 9.91. The quantitative estimate of drug-likeness (QED) is 0.885. The van der Waals surface area contributed by atoms with Gasteiger partial charge in [-0.05, 0) is 43.4 Å². The molecule has 23 heavy (non-hydrogen) atoms. The van der Waals surface area contributed by atoms with Gasteiger partial charge in [0.15, 0.2) is 0 Å². The third-order valence-electron chi connectivity index (χ3n) is 4.80. The summed E-state index contributed by atoms with van der Waals surface area (Å²) in [5, 5.41) is 9.00. The molecular formula is C16H21NO5S. The molecule has 1 aromatic rings. The van der Waals surface area contributed by atoms with Crippen molar-refractivity contribution in [3.05, 3.63) is 23.8 Å². The van der Waals surface area contributed by atoms with Crippen molar-refractivity contribution < 1.29 is 23.1 Å². The summed E-state index contributed by atoms with van der Waals surface area (Å²) in [6.45, 7) is 0.577. The lowest BCUT2D eigenvalue weighted by molar-refractivity contribution is -0.136. The summed E-state index contributed by atoms with van der Waals surface area (Å²) < 4.78 is 32.6. The third kappa shape index (κ3) is 3.07. The van der Waals surface area contributed by atoms with E-state index in [1.54, 1.807) is 4.31 Å². The molecule has 2 atom stereocenters. The second kappa shape index (κ2) is 6.13. The van der Waals surface area contributed by atoms with Crippen LogP contribution in [-0.2, 0) is 21.2 Å². The van der Waals surface area contributed by atoms with Gasteiger partial charge in [0.25, 0.3) is 0 Å². The van der Waals surface area contributed by atoms with Gasteiger partial charge < -0.3 is 9.84 Å². The van der Waals surface area contributed by atoms with Crippen LogP contribution in [0.2, 0.25) is 0 Å². The number of ether oxygens (including phenoxy) is 1. The first-order valence-electron chi connectivity index (χ1n) is 7.82. The maximum absolute atomic E-state index is 13.0. The van der Waals surface area contributed by atoms with Crippen molar-refractivity contribution >= 4 is 16.0 Å². The number of benzene rings is 1. The van der Waals surface area contributed by atoms with Gasteiger partial charge in [0.2, 0.25) is 10.0 Å². The Balaban J connectivity index is 1.95. The fourth-order valence-corrected chi connectivity index (χ4v) is 5.53. The van der Waals surface area contributed by atoms with Crippen LogP contribution in [0.5, 0.6) is 5.75 Å². The SMILES string of the molecule is COc1ccc(S(=O)(=O)N2CC3CCCC2C3)cc1CC(=O)O. The summed E-state index contributed by atoms with van der Waals surface area (Å²) in [5.74, 6) is -0.165. The average molecular weight is 339 g/mol. The molecule has 0 radical (unpaired) electrons. The lowest BCUT2D eigenvalue weighted by Gasteiger charge is -2.24.